The van der Waals surface area contributed by atoms with Gasteiger partial charge in [0.2, 0.25) is 0 Å². The van der Waals surface area contributed by atoms with Gasteiger partial charge in [0.25, 0.3) is 0 Å². The van der Waals surface area contributed by atoms with Gasteiger partial charge in [-0.1, -0.05) is 0 Å². The van der Waals surface area contributed by atoms with Crippen molar-refractivity contribution in [3.05, 3.63) is 0 Å². The molecule has 0 amide bonds. The van der Waals surface area contributed by atoms with Crippen molar-refractivity contribution in [1.82, 2.24) is 3.46 Å². The van der Waals surface area contributed by atoms with Gasteiger partial charge in [-0.15, -0.1) is 0 Å². The van der Waals surface area contributed by atoms with Gasteiger partial charge < -0.3 is 0 Å². The molecule has 0 aromatic carbocycles. The van der Waals surface area contributed by atoms with E-state index < -0.39 is 10.2 Å². The summed E-state index contributed by atoms with van der Waals surface area (Å²) < 4.78 is 21.1. The molecule has 0 saturated carbocycles. The second-order valence-electron chi connectivity index (χ2n) is 0.617. The Kier molecular flexibility index (Phi) is 2.14. The number of rotatable bonds is 1. The molecule has 0 aromatic heterocycles. The Morgan fingerprint density at radius 1 is 1.67 bits per heavy atom. The number of hydrogen-bond acceptors (Lipinski definition) is 2. The number of nitrogens with two attached hydrogens (primary N) is 1. The summed E-state index contributed by atoms with van der Waals surface area (Å²) in [6.45, 7) is 0. The second kappa shape index (κ2) is 1.98. The molecule has 0 spiro atoms. The van der Waals surface area contributed by atoms with Crippen molar-refractivity contribution in [2.45, 2.75) is 0 Å². The van der Waals surface area contributed by atoms with Gasteiger partial charge in [0, 0.05) is 0 Å². The Labute approximate surface area is 46.2 Å². The fourth-order valence-corrected chi connectivity index (χ4v) is 0. The van der Waals surface area contributed by atoms with E-state index in [2.05, 4.69) is 5.14 Å². The Morgan fingerprint density at radius 2 is 1.83 bits per heavy atom. The summed E-state index contributed by atoms with van der Waals surface area (Å²) in [7, 11) is -3.44. The van der Waals surface area contributed by atoms with Gasteiger partial charge in [0.15, 0.2) is 0 Å². The quantitative estimate of drug-likeness (QED) is 0.488. The van der Waals surface area contributed by atoms with Crippen molar-refractivity contribution in [3.8, 4) is 0 Å². The summed E-state index contributed by atoms with van der Waals surface area (Å²) in [4.78, 5) is 0. The van der Waals surface area contributed by atoms with E-state index in [1.165, 1.54) is 0 Å². The van der Waals surface area contributed by atoms with Gasteiger partial charge in [0.1, 0.15) is 0 Å². The molecule has 0 aromatic rings. The van der Waals surface area contributed by atoms with E-state index in [-0.39, 0.29) is 0 Å². The van der Waals surface area contributed by atoms with Crippen LogP contribution in [0.3, 0.4) is 0 Å². The molecule has 0 aliphatic rings. The fraction of sp³-hybridized carbons (Fsp3) is 0. The van der Waals surface area contributed by atoms with Crippen molar-refractivity contribution < 1.29 is 27.0 Å². The molecule has 0 aliphatic carbocycles. The Hall–Kier alpha value is 0.493. The molecular weight excluding hydrogens is 193 g/mol. The van der Waals surface area contributed by atoms with Crippen LogP contribution in [-0.4, -0.2) is 8.42 Å². The first-order valence-corrected chi connectivity index (χ1v) is 3.37. The summed E-state index contributed by atoms with van der Waals surface area (Å²) >= 11 is 1.68. The molecule has 6 heteroatoms. The summed E-state index contributed by atoms with van der Waals surface area (Å²) in [5.74, 6) is 0. The van der Waals surface area contributed by atoms with Gasteiger partial charge >= 0.3 is 45.8 Å². The van der Waals surface area contributed by atoms with Crippen molar-refractivity contribution in [2.75, 3.05) is 0 Å². The molecule has 0 unspecified atom stereocenters. The zero-order valence-corrected chi connectivity index (χ0v) is 5.21. The zero-order valence-electron chi connectivity index (χ0n) is 2.66. The van der Waals surface area contributed by atoms with Crippen LogP contribution in [0.25, 0.3) is 0 Å². The van der Waals surface area contributed by atoms with E-state index in [1.807, 2.05) is 0 Å². The number of hydrogen-bond donors (Lipinski definition) is 2. The molecule has 0 heterocycles. The first kappa shape index (κ1) is 6.49. The molecule has 4 nitrogen and oxygen atoms in total. The Morgan fingerprint density at radius 3 is 1.83 bits per heavy atom. The topological polar surface area (TPSA) is 72.2 Å². The van der Waals surface area contributed by atoms with Crippen molar-refractivity contribution in [2.24, 2.45) is 5.14 Å². The summed E-state index contributed by atoms with van der Waals surface area (Å²) in [5, 5.41) is 4.38. The minimum atomic E-state index is -3.44. The minimum absolute atomic E-state index is 1.68. The van der Waals surface area contributed by atoms with Crippen molar-refractivity contribution in [3.63, 3.8) is 0 Å². The van der Waals surface area contributed by atoms with Crippen LogP contribution in [0, 0.1) is 0 Å². The van der Waals surface area contributed by atoms with E-state index >= 15 is 0 Å². The second-order valence-corrected chi connectivity index (χ2v) is 2.92. The molecule has 0 aliphatic heterocycles. The van der Waals surface area contributed by atoms with Crippen LogP contribution in [0.1, 0.15) is 0 Å². The van der Waals surface area contributed by atoms with Gasteiger partial charge in [-0.2, -0.15) is 0 Å². The van der Waals surface area contributed by atoms with Gasteiger partial charge in [-0.3, -0.25) is 0 Å². The van der Waals surface area contributed by atoms with E-state index in [0.717, 1.165) is 0 Å². The third-order valence-corrected chi connectivity index (χ3v) is 1.79. The normalized spacial score (nSPS) is 11.7. The van der Waals surface area contributed by atoms with E-state index in [0.29, 0.717) is 0 Å². The molecule has 0 fully saturated rings. The predicted octanol–water partition coefficient (Wildman–Crippen LogP) is -1.76. The van der Waals surface area contributed by atoms with Crippen LogP contribution in [0.4, 0.5) is 0 Å². The average Bonchev–Trinajstić information content (AvgIpc) is 1.35. The third-order valence-electron chi connectivity index (χ3n) is 0.101. The standard InChI is InChI=1S/H3N2O2S.Ru/c1-5(2,3)4;/h(H3-,1,2,3,4);/q-1;+1. The Balaban J connectivity index is 3.85. The average molecular weight is 196 g/mol. The predicted molar refractivity (Wildman–Crippen MR) is 16.2 cm³/mol. The maximum absolute atomic E-state index is 9.65. The van der Waals surface area contributed by atoms with Crippen molar-refractivity contribution in [1.29, 1.82) is 0 Å². The monoisotopic (exact) mass is 197 g/mol. The molecule has 0 bridgehead atoms. The van der Waals surface area contributed by atoms with Crippen LogP contribution in [-0.2, 0) is 28.7 Å². The molecular formula is H3N2O2RuS. The van der Waals surface area contributed by atoms with E-state index in [1.54, 1.807) is 22.0 Å². The number of nitrogens with one attached hydrogen (secondary N) is 1. The molecule has 0 atom stereocenters. The first-order chi connectivity index (χ1) is 2.56. The molecule has 6 heavy (non-hydrogen) atoms. The summed E-state index contributed by atoms with van der Waals surface area (Å²) in [5.41, 5.74) is 0. The Bertz CT molecular complexity index is 114. The van der Waals surface area contributed by atoms with Crippen LogP contribution >= 0.6 is 0 Å². The van der Waals surface area contributed by atoms with E-state index in [9.17, 15) is 8.42 Å². The van der Waals surface area contributed by atoms with Crippen LogP contribution < -0.4 is 8.60 Å². The van der Waals surface area contributed by atoms with Gasteiger partial charge in [-0.25, -0.2) is 0 Å². The van der Waals surface area contributed by atoms with Crippen LogP contribution in [0.2, 0.25) is 0 Å². The first-order valence-electron chi connectivity index (χ1n) is 0.950. The molecule has 39 valence electrons. The van der Waals surface area contributed by atoms with Crippen LogP contribution in [0.5, 0.6) is 0 Å². The molecule has 0 radical (unpaired) electrons. The molecule has 0 rings (SSSR count). The van der Waals surface area contributed by atoms with Crippen molar-refractivity contribution >= 4 is 10.2 Å². The van der Waals surface area contributed by atoms with Crippen LogP contribution in [0.15, 0.2) is 0 Å². The molecule has 3 N–H and O–H groups in total. The summed E-state index contributed by atoms with van der Waals surface area (Å²) in [6.07, 6.45) is 0. The third kappa shape index (κ3) is 4.49. The fourth-order valence-electron chi connectivity index (χ4n) is 0. The van der Waals surface area contributed by atoms with Gasteiger partial charge in [0.05, 0.1) is 0 Å². The zero-order chi connectivity index (χ0) is 5.21. The van der Waals surface area contributed by atoms with E-state index in [4.69, 9.17) is 0 Å². The SMILES string of the molecule is NS(=O)(=O)[NH][Ru]. The van der Waals surface area contributed by atoms with Gasteiger partial charge in [-0.05, 0) is 0 Å². The maximum atomic E-state index is 9.65. The molecule has 0 saturated heterocycles. The summed E-state index contributed by atoms with van der Waals surface area (Å²) in [6, 6.07) is 0.